The van der Waals surface area contributed by atoms with Crippen LogP contribution in [0.2, 0.25) is 0 Å². The molecule has 4 nitrogen and oxygen atoms in total. The maximum absolute atomic E-state index is 12.0. The van der Waals surface area contributed by atoms with Crippen molar-refractivity contribution in [3.05, 3.63) is 65.7 Å². The first kappa shape index (κ1) is 16.0. The van der Waals surface area contributed by atoms with Gasteiger partial charge in [0.15, 0.2) is 0 Å². The molecule has 0 saturated heterocycles. The Kier molecular flexibility index (Phi) is 5.98. The van der Waals surface area contributed by atoms with Crippen molar-refractivity contribution in [2.45, 2.75) is 25.3 Å². The molecule has 1 amide bonds. The minimum absolute atomic E-state index is 0.0679. The van der Waals surface area contributed by atoms with Crippen molar-refractivity contribution in [3.8, 4) is 5.75 Å². The zero-order valence-electron chi connectivity index (χ0n) is 12.4. The minimum atomic E-state index is -0.312. The molecule has 0 fully saturated rings. The maximum atomic E-state index is 12.0. The number of rotatable bonds is 7. The molecular formula is C18H21NO3. The number of aryl methyl sites for hydroxylation is 1. The third-order valence-electron chi connectivity index (χ3n) is 3.49. The third kappa shape index (κ3) is 5.22. The summed E-state index contributed by atoms with van der Waals surface area (Å²) >= 11 is 0. The van der Waals surface area contributed by atoms with Gasteiger partial charge in [0.05, 0.1) is 12.6 Å². The van der Waals surface area contributed by atoms with Gasteiger partial charge in [0.1, 0.15) is 5.75 Å². The molecule has 0 bridgehead atoms. The SMILES string of the molecule is O=C(CCc1ccccc1)NC(CO)Cc1ccc(O)cc1. The molecule has 4 heteroatoms. The van der Waals surface area contributed by atoms with Crippen LogP contribution in [0.15, 0.2) is 54.6 Å². The van der Waals surface area contributed by atoms with E-state index in [2.05, 4.69) is 5.32 Å². The summed E-state index contributed by atoms with van der Waals surface area (Å²) < 4.78 is 0. The van der Waals surface area contributed by atoms with E-state index in [0.717, 1.165) is 11.1 Å². The van der Waals surface area contributed by atoms with Gasteiger partial charge in [-0.25, -0.2) is 0 Å². The van der Waals surface area contributed by atoms with Gasteiger partial charge in [-0.1, -0.05) is 42.5 Å². The fraction of sp³-hybridized carbons (Fsp3) is 0.278. The van der Waals surface area contributed by atoms with Crippen LogP contribution in [-0.4, -0.2) is 28.8 Å². The molecule has 0 spiro atoms. The summed E-state index contributed by atoms with van der Waals surface area (Å²) in [6, 6.07) is 16.3. The number of aromatic hydroxyl groups is 1. The molecule has 2 aromatic rings. The Morgan fingerprint density at radius 1 is 1.00 bits per heavy atom. The molecule has 0 radical (unpaired) electrons. The van der Waals surface area contributed by atoms with Crippen LogP contribution in [0.4, 0.5) is 0 Å². The molecule has 0 aliphatic rings. The Hall–Kier alpha value is -2.33. The Morgan fingerprint density at radius 3 is 2.32 bits per heavy atom. The van der Waals surface area contributed by atoms with E-state index in [1.165, 1.54) is 0 Å². The summed E-state index contributed by atoms with van der Waals surface area (Å²) in [5, 5.41) is 21.5. The molecule has 2 aromatic carbocycles. The number of amides is 1. The number of aliphatic hydroxyl groups excluding tert-OH is 1. The molecule has 22 heavy (non-hydrogen) atoms. The molecule has 0 aromatic heterocycles. The Morgan fingerprint density at radius 2 is 1.68 bits per heavy atom. The van der Waals surface area contributed by atoms with Crippen LogP contribution >= 0.6 is 0 Å². The Labute approximate surface area is 130 Å². The number of nitrogens with one attached hydrogen (secondary N) is 1. The highest BCUT2D eigenvalue weighted by molar-refractivity contribution is 5.76. The van der Waals surface area contributed by atoms with Gasteiger partial charge < -0.3 is 15.5 Å². The van der Waals surface area contributed by atoms with Gasteiger partial charge in [-0.15, -0.1) is 0 Å². The number of phenolic OH excluding ortho intramolecular Hbond substituents is 1. The Bertz CT molecular complexity index is 581. The largest absolute Gasteiger partial charge is 0.508 e. The summed E-state index contributed by atoms with van der Waals surface area (Å²) in [5.74, 6) is 0.137. The number of phenols is 1. The molecule has 0 aliphatic heterocycles. The van der Waals surface area contributed by atoms with Crippen molar-refractivity contribution < 1.29 is 15.0 Å². The number of hydrogen-bond acceptors (Lipinski definition) is 3. The standard InChI is InChI=1S/C18H21NO3/c20-13-16(12-15-6-9-17(21)10-7-15)19-18(22)11-8-14-4-2-1-3-5-14/h1-7,9-10,16,20-21H,8,11-13H2,(H,19,22). The van der Waals surface area contributed by atoms with Gasteiger partial charge in [0.25, 0.3) is 0 Å². The topological polar surface area (TPSA) is 69.6 Å². The van der Waals surface area contributed by atoms with E-state index in [1.807, 2.05) is 30.3 Å². The monoisotopic (exact) mass is 299 g/mol. The van der Waals surface area contributed by atoms with Gasteiger partial charge in [-0.05, 0) is 36.1 Å². The predicted octanol–water partition coefficient (Wildman–Crippen LogP) is 2.04. The van der Waals surface area contributed by atoms with Crippen molar-refractivity contribution in [1.82, 2.24) is 5.32 Å². The number of benzene rings is 2. The molecule has 0 saturated carbocycles. The third-order valence-corrected chi connectivity index (χ3v) is 3.49. The van der Waals surface area contributed by atoms with Gasteiger partial charge in [0.2, 0.25) is 5.91 Å². The zero-order valence-corrected chi connectivity index (χ0v) is 12.4. The summed E-state index contributed by atoms with van der Waals surface area (Å²) in [4.78, 5) is 12.0. The summed E-state index contributed by atoms with van der Waals surface area (Å²) in [6.45, 7) is -0.113. The van der Waals surface area contributed by atoms with E-state index in [9.17, 15) is 15.0 Å². The minimum Gasteiger partial charge on any atom is -0.508 e. The van der Waals surface area contributed by atoms with Crippen molar-refractivity contribution in [3.63, 3.8) is 0 Å². The van der Waals surface area contributed by atoms with E-state index < -0.39 is 0 Å². The first-order chi connectivity index (χ1) is 10.7. The fourth-order valence-electron chi connectivity index (χ4n) is 2.28. The zero-order chi connectivity index (χ0) is 15.8. The summed E-state index contributed by atoms with van der Waals surface area (Å²) in [5.41, 5.74) is 2.08. The molecule has 116 valence electrons. The fourth-order valence-corrected chi connectivity index (χ4v) is 2.28. The second-order valence-corrected chi connectivity index (χ2v) is 5.30. The highest BCUT2D eigenvalue weighted by Gasteiger charge is 2.12. The lowest BCUT2D eigenvalue weighted by atomic mass is 10.1. The molecule has 0 heterocycles. The smallest absolute Gasteiger partial charge is 0.220 e. The average molecular weight is 299 g/mol. The molecule has 0 aliphatic carbocycles. The average Bonchev–Trinajstić information content (AvgIpc) is 2.55. The number of aliphatic hydroxyl groups is 1. The molecular weight excluding hydrogens is 278 g/mol. The van der Waals surface area contributed by atoms with Gasteiger partial charge in [-0.3, -0.25) is 4.79 Å². The van der Waals surface area contributed by atoms with Crippen LogP contribution in [0.1, 0.15) is 17.5 Å². The Balaban J connectivity index is 1.81. The van der Waals surface area contributed by atoms with Crippen LogP contribution in [0.3, 0.4) is 0 Å². The summed E-state index contributed by atoms with van der Waals surface area (Å²) in [7, 11) is 0. The van der Waals surface area contributed by atoms with Gasteiger partial charge in [0, 0.05) is 6.42 Å². The molecule has 2 rings (SSSR count). The number of hydrogen-bond donors (Lipinski definition) is 3. The maximum Gasteiger partial charge on any atom is 0.220 e. The normalized spacial score (nSPS) is 11.9. The van der Waals surface area contributed by atoms with Crippen LogP contribution in [0.25, 0.3) is 0 Å². The van der Waals surface area contributed by atoms with Crippen molar-refractivity contribution in [2.75, 3.05) is 6.61 Å². The summed E-state index contributed by atoms with van der Waals surface area (Å²) in [6.07, 6.45) is 1.62. The van der Waals surface area contributed by atoms with Gasteiger partial charge in [-0.2, -0.15) is 0 Å². The molecule has 3 N–H and O–H groups in total. The highest BCUT2D eigenvalue weighted by Crippen LogP contribution is 2.11. The lowest BCUT2D eigenvalue weighted by molar-refractivity contribution is -0.122. The second-order valence-electron chi connectivity index (χ2n) is 5.30. The van der Waals surface area contributed by atoms with Crippen molar-refractivity contribution >= 4 is 5.91 Å². The van der Waals surface area contributed by atoms with Gasteiger partial charge >= 0.3 is 0 Å². The molecule has 1 unspecified atom stereocenters. The first-order valence-corrected chi connectivity index (χ1v) is 7.39. The lowest BCUT2D eigenvalue weighted by Crippen LogP contribution is -2.39. The van der Waals surface area contributed by atoms with Crippen LogP contribution < -0.4 is 5.32 Å². The number of carbonyl (C=O) groups is 1. The predicted molar refractivity (Wildman–Crippen MR) is 85.6 cm³/mol. The van der Waals surface area contributed by atoms with Crippen LogP contribution in [0.5, 0.6) is 5.75 Å². The lowest BCUT2D eigenvalue weighted by Gasteiger charge is -2.16. The van der Waals surface area contributed by atoms with Crippen LogP contribution in [0, 0.1) is 0 Å². The van der Waals surface area contributed by atoms with E-state index in [1.54, 1.807) is 24.3 Å². The van der Waals surface area contributed by atoms with E-state index >= 15 is 0 Å². The van der Waals surface area contributed by atoms with Crippen molar-refractivity contribution in [2.24, 2.45) is 0 Å². The van der Waals surface area contributed by atoms with Crippen molar-refractivity contribution in [1.29, 1.82) is 0 Å². The number of carbonyl (C=O) groups excluding carboxylic acids is 1. The quantitative estimate of drug-likeness (QED) is 0.733. The highest BCUT2D eigenvalue weighted by atomic mass is 16.3. The van der Waals surface area contributed by atoms with E-state index in [4.69, 9.17) is 0 Å². The molecule has 1 atom stereocenters. The van der Waals surface area contributed by atoms with E-state index in [0.29, 0.717) is 19.3 Å². The van der Waals surface area contributed by atoms with E-state index in [-0.39, 0.29) is 24.3 Å². The first-order valence-electron chi connectivity index (χ1n) is 7.39. The van der Waals surface area contributed by atoms with Crippen LogP contribution in [-0.2, 0) is 17.6 Å². The second kappa shape index (κ2) is 8.20.